The van der Waals surface area contributed by atoms with Crippen LogP contribution in [0.25, 0.3) is 0 Å². The second-order valence-corrected chi connectivity index (χ2v) is 8.12. The number of halogens is 1. The zero-order chi connectivity index (χ0) is 15.5. The van der Waals surface area contributed by atoms with E-state index in [4.69, 9.17) is 16.3 Å². The van der Waals surface area contributed by atoms with Crippen LogP contribution in [-0.4, -0.2) is 47.9 Å². The van der Waals surface area contributed by atoms with E-state index < -0.39 is 0 Å². The van der Waals surface area contributed by atoms with Crippen molar-refractivity contribution in [1.82, 2.24) is 4.90 Å². The highest BCUT2D eigenvalue weighted by atomic mass is 35.5. The third kappa shape index (κ3) is 4.63. The summed E-state index contributed by atoms with van der Waals surface area (Å²) in [6.45, 7) is 6.93. The first-order valence-electron chi connectivity index (χ1n) is 7.14. The molecule has 2 rings (SSSR count). The fourth-order valence-electron chi connectivity index (χ4n) is 2.35. The number of benzene rings is 1. The number of carbonyl (C=O) groups is 1. The van der Waals surface area contributed by atoms with Gasteiger partial charge in [-0.3, -0.25) is 9.69 Å². The van der Waals surface area contributed by atoms with Gasteiger partial charge in [-0.15, -0.1) is 0 Å². The van der Waals surface area contributed by atoms with Crippen molar-refractivity contribution in [3.05, 3.63) is 28.8 Å². The molecule has 0 aliphatic carbocycles. The molecule has 1 aromatic carbocycles. The van der Waals surface area contributed by atoms with Gasteiger partial charge in [-0.2, -0.15) is 11.8 Å². The number of ether oxygens (including phenoxy) is 1. The van der Waals surface area contributed by atoms with Crippen LogP contribution in [0.1, 0.15) is 30.6 Å². The van der Waals surface area contributed by atoms with Gasteiger partial charge in [0.15, 0.2) is 5.78 Å². The van der Waals surface area contributed by atoms with E-state index >= 15 is 0 Å². The third-order valence-corrected chi connectivity index (χ3v) is 5.44. The Morgan fingerprint density at radius 2 is 2.19 bits per heavy atom. The molecule has 1 heterocycles. The Hall–Kier alpha value is -0.710. The lowest BCUT2D eigenvalue weighted by molar-refractivity contribution is 0.0934. The standard InChI is InChI=1S/C16H22ClNO2S/c1-16(2)6-7-18(8-9-21-16)11-14(19)12-4-5-15(20-3)13(17)10-12/h4-5,10H,6-9,11H2,1-3H3. The van der Waals surface area contributed by atoms with Gasteiger partial charge in [0.1, 0.15) is 5.75 Å². The van der Waals surface area contributed by atoms with Gasteiger partial charge in [0.25, 0.3) is 0 Å². The molecule has 0 amide bonds. The van der Waals surface area contributed by atoms with Crippen LogP contribution in [0.15, 0.2) is 18.2 Å². The molecule has 1 fully saturated rings. The van der Waals surface area contributed by atoms with Crippen molar-refractivity contribution < 1.29 is 9.53 Å². The fourth-order valence-corrected chi connectivity index (χ4v) is 3.75. The molecule has 0 bridgehead atoms. The van der Waals surface area contributed by atoms with Crippen molar-refractivity contribution in [3.8, 4) is 5.75 Å². The maximum Gasteiger partial charge on any atom is 0.176 e. The van der Waals surface area contributed by atoms with Crippen LogP contribution in [0, 0.1) is 0 Å². The number of rotatable bonds is 4. The van der Waals surface area contributed by atoms with Gasteiger partial charge >= 0.3 is 0 Å². The van der Waals surface area contributed by atoms with Crippen LogP contribution >= 0.6 is 23.4 Å². The lowest BCUT2D eigenvalue weighted by Crippen LogP contribution is -2.32. The molecule has 1 aliphatic rings. The summed E-state index contributed by atoms with van der Waals surface area (Å²) in [5, 5.41) is 0.482. The molecular formula is C16H22ClNO2S. The van der Waals surface area contributed by atoms with E-state index in [1.165, 1.54) is 0 Å². The van der Waals surface area contributed by atoms with Crippen molar-refractivity contribution >= 4 is 29.1 Å². The molecule has 1 aromatic rings. The second kappa shape index (κ2) is 7.03. The van der Waals surface area contributed by atoms with E-state index in [1.807, 2.05) is 11.8 Å². The molecule has 116 valence electrons. The molecule has 0 radical (unpaired) electrons. The maximum absolute atomic E-state index is 12.4. The summed E-state index contributed by atoms with van der Waals surface area (Å²) in [5.41, 5.74) is 0.650. The van der Waals surface area contributed by atoms with E-state index in [0.29, 0.717) is 27.6 Å². The number of thioether (sulfide) groups is 1. The largest absolute Gasteiger partial charge is 0.495 e. The highest BCUT2D eigenvalue weighted by Gasteiger charge is 2.24. The van der Waals surface area contributed by atoms with Gasteiger partial charge in [-0.25, -0.2) is 0 Å². The van der Waals surface area contributed by atoms with E-state index in [1.54, 1.807) is 25.3 Å². The van der Waals surface area contributed by atoms with Crippen molar-refractivity contribution in [3.63, 3.8) is 0 Å². The summed E-state index contributed by atoms with van der Waals surface area (Å²) >= 11 is 8.07. The number of hydrogen-bond donors (Lipinski definition) is 0. The minimum Gasteiger partial charge on any atom is -0.495 e. The van der Waals surface area contributed by atoms with Crippen LogP contribution in [0.2, 0.25) is 5.02 Å². The molecule has 0 saturated carbocycles. The first kappa shape index (κ1) is 16.7. The summed E-state index contributed by atoms with van der Waals surface area (Å²) in [5.74, 6) is 1.79. The van der Waals surface area contributed by atoms with Crippen LogP contribution in [0.4, 0.5) is 0 Å². The number of ketones is 1. The molecular weight excluding hydrogens is 306 g/mol. The number of methoxy groups -OCH3 is 1. The average Bonchev–Trinajstić information content (AvgIpc) is 2.60. The fraction of sp³-hybridized carbons (Fsp3) is 0.562. The molecule has 3 nitrogen and oxygen atoms in total. The van der Waals surface area contributed by atoms with Crippen molar-refractivity contribution in [2.24, 2.45) is 0 Å². The Kier molecular flexibility index (Phi) is 5.58. The Bertz CT molecular complexity index is 519. The predicted octanol–water partition coefficient (Wildman–Crippen LogP) is 3.75. The lowest BCUT2D eigenvalue weighted by atomic mass is 10.1. The summed E-state index contributed by atoms with van der Waals surface area (Å²) in [4.78, 5) is 14.6. The van der Waals surface area contributed by atoms with Crippen molar-refractivity contribution in [1.29, 1.82) is 0 Å². The van der Waals surface area contributed by atoms with Crippen molar-refractivity contribution in [2.75, 3.05) is 32.5 Å². The summed E-state index contributed by atoms with van der Waals surface area (Å²) < 4.78 is 5.42. The molecule has 0 spiro atoms. The van der Waals surface area contributed by atoms with Gasteiger partial charge in [-0.1, -0.05) is 25.4 Å². The lowest BCUT2D eigenvalue weighted by Gasteiger charge is -2.22. The number of hydrogen-bond acceptors (Lipinski definition) is 4. The Labute approximate surface area is 136 Å². The SMILES string of the molecule is COc1ccc(C(=O)CN2CCSC(C)(C)CC2)cc1Cl. The van der Waals surface area contributed by atoms with Gasteiger partial charge in [-0.05, 0) is 31.2 Å². The molecule has 21 heavy (non-hydrogen) atoms. The highest BCUT2D eigenvalue weighted by molar-refractivity contribution is 8.00. The maximum atomic E-state index is 12.4. The first-order chi connectivity index (χ1) is 9.91. The summed E-state index contributed by atoms with van der Waals surface area (Å²) in [6.07, 6.45) is 1.11. The minimum absolute atomic E-state index is 0.115. The van der Waals surface area contributed by atoms with E-state index in [9.17, 15) is 4.79 Å². The van der Waals surface area contributed by atoms with Crippen LogP contribution in [0.3, 0.4) is 0 Å². The predicted molar refractivity (Wildman–Crippen MR) is 89.9 cm³/mol. The Morgan fingerprint density at radius 1 is 1.43 bits per heavy atom. The molecule has 1 saturated heterocycles. The molecule has 0 atom stereocenters. The van der Waals surface area contributed by atoms with Crippen molar-refractivity contribution in [2.45, 2.75) is 25.0 Å². The Morgan fingerprint density at radius 3 is 2.86 bits per heavy atom. The van der Waals surface area contributed by atoms with Gasteiger partial charge in [0.05, 0.1) is 18.7 Å². The van der Waals surface area contributed by atoms with E-state index in [2.05, 4.69) is 18.7 Å². The molecule has 5 heteroatoms. The third-order valence-electron chi connectivity index (χ3n) is 3.77. The highest BCUT2D eigenvalue weighted by Crippen LogP contribution is 2.31. The minimum atomic E-state index is 0.115. The normalized spacial score (nSPS) is 19.0. The van der Waals surface area contributed by atoms with E-state index in [0.717, 1.165) is 25.3 Å². The quantitative estimate of drug-likeness (QED) is 0.788. The van der Waals surface area contributed by atoms with Gasteiger partial charge in [0, 0.05) is 22.6 Å². The number of Topliss-reactive ketones (excluding diaryl/α,β-unsaturated/α-hetero) is 1. The molecule has 1 aliphatic heterocycles. The second-order valence-electron chi connectivity index (χ2n) is 5.91. The molecule has 0 unspecified atom stereocenters. The zero-order valence-electron chi connectivity index (χ0n) is 12.8. The van der Waals surface area contributed by atoms with Gasteiger partial charge in [0.2, 0.25) is 0 Å². The topological polar surface area (TPSA) is 29.5 Å². The number of carbonyl (C=O) groups excluding carboxylic acids is 1. The zero-order valence-corrected chi connectivity index (χ0v) is 14.4. The van der Waals surface area contributed by atoms with Crippen LogP contribution in [0.5, 0.6) is 5.75 Å². The summed E-state index contributed by atoms with van der Waals surface area (Å²) in [6, 6.07) is 5.22. The number of nitrogens with zero attached hydrogens (tertiary/aromatic N) is 1. The monoisotopic (exact) mass is 327 g/mol. The smallest absolute Gasteiger partial charge is 0.176 e. The molecule has 0 N–H and O–H groups in total. The first-order valence-corrected chi connectivity index (χ1v) is 8.51. The Balaban J connectivity index is 1.99. The van der Waals surface area contributed by atoms with Crippen LogP contribution < -0.4 is 4.74 Å². The molecule has 0 aromatic heterocycles. The van der Waals surface area contributed by atoms with E-state index in [-0.39, 0.29) is 5.78 Å². The van der Waals surface area contributed by atoms with Gasteiger partial charge < -0.3 is 4.74 Å². The summed E-state index contributed by atoms with van der Waals surface area (Å²) in [7, 11) is 1.57. The average molecular weight is 328 g/mol. The van der Waals surface area contributed by atoms with Crippen LogP contribution in [-0.2, 0) is 0 Å².